The molecule has 0 radical (unpaired) electrons. The number of carbonyl (C=O) groups excluding carboxylic acids is 1. The van der Waals surface area contributed by atoms with E-state index >= 15 is 0 Å². The van der Waals surface area contributed by atoms with E-state index in [4.69, 9.17) is 9.68 Å². The van der Waals surface area contributed by atoms with Crippen LogP contribution in [-0.2, 0) is 5.75 Å². The van der Waals surface area contributed by atoms with Crippen LogP contribution in [0.25, 0.3) is 11.5 Å². The van der Waals surface area contributed by atoms with Crippen LogP contribution in [0.5, 0.6) is 0 Å². The van der Waals surface area contributed by atoms with Gasteiger partial charge in [0.2, 0.25) is 11.0 Å². The first-order valence-corrected chi connectivity index (χ1v) is 10.7. The van der Waals surface area contributed by atoms with E-state index in [0.29, 0.717) is 28.1 Å². The minimum Gasteiger partial charge on any atom is -0.441 e. The van der Waals surface area contributed by atoms with Crippen LogP contribution in [0, 0.1) is 18.3 Å². The minimum atomic E-state index is -0.391. The van der Waals surface area contributed by atoms with Gasteiger partial charge in [-0.1, -0.05) is 53.4 Å². The summed E-state index contributed by atoms with van der Waals surface area (Å²) in [5.41, 5.74) is 2.72. The summed E-state index contributed by atoms with van der Waals surface area (Å²) in [7, 11) is 0. The summed E-state index contributed by atoms with van der Waals surface area (Å²) in [5.74, 6) is 1.13. The fraction of sp³-hybridized carbons (Fsp3) is 0.0952. The lowest BCUT2D eigenvalue weighted by molar-refractivity contribution is 0.102. The summed E-state index contributed by atoms with van der Waals surface area (Å²) in [6.45, 7) is 1.70. The molecule has 0 saturated heterocycles. The predicted molar refractivity (Wildman–Crippen MR) is 115 cm³/mol. The van der Waals surface area contributed by atoms with Gasteiger partial charge in [0.05, 0.1) is 11.6 Å². The maximum absolute atomic E-state index is 12.6. The molecule has 7 nitrogen and oxygen atoms in total. The van der Waals surface area contributed by atoms with Crippen molar-refractivity contribution in [1.82, 2.24) is 15.2 Å². The molecule has 2 aromatic carbocycles. The van der Waals surface area contributed by atoms with Crippen molar-refractivity contribution >= 4 is 34.1 Å². The molecule has 9 heteroatoms. The molecule has 1 N–H and O–H groups in total. The molecule has 2 heterocycles. The van der Waals surface area contributed by atoms with Gasteiger partial charge < -0.3 is 4.42 Å². The summed E-state index contributed by atoms with van der Waals surface area (Å²) in [4.78, 5) is 16.9. The van der Waals surface area contributed by atoms with Crippen LogP contribution in [0.1, 0.15) is 27.4 Å². The van der Waals surface area contributed by atoms with Crippen LogP contribution in [0.2, 0.25) is 0 Å². The second-order valence-electron chi connectivity index (χ2n) is 6.21. The van der Waals surface area contributed by atoms with Gasteiger partial charge in [-0.25, -0.2) is 4.98 Å². The predicted octanol–water partition coefficient (Wildman–Crippen LogP) is 4.92. The maximum atomic E-state index is 12.6. The fourth-order valence-electron chi connectivity index (χ4n) is 2.61. The number of aryl methyl sites for hydroxylation is 1. The summed E-state index contributed by atoms with van der Waals surface area (Å²) >= 11 is 2.80. The zero-order valence-electron chi connectivity index (χ0n) is 15.8. The molecular formula is C21H15N5O2S2. The average molecular weight is 434 g/mol. The number of anilines is 1. The zero-order chi connectivity index (χ0) is 20.9. The number of hydrogen-bond donors (Lipinski definition) is 1. The lowest BCUT2D eigenvalue weighted by Gasteiger charge is -1.98. The monoisotopic (exact) mass is 433 g/mol. The molecule has 0 spiro atoms. The number of nitrogens with one attached hydrogen (secondary N) is 1. The van der Waals surface area contributed by atoms with Crippen molar-refractivity contribution in [3.05, 3.63) is 77.2 Å². The van der Waals surface area contributed by atoms with Crippen LogP contribution in [0.4, 0.5) is 5.13 Å². The Balaban J connectivity index is 1.39. The maximum Gasteiger partial charge on any atom is 0.279 e. The first kappa shape index (κ1) is 19.8. The summed E-state index contributed by atoms with van der Waals surface area (Å²) in [6, 6.07) is 18.9. The van der Waals surface area contributed by atoms with Crippen LogP contribution in [-0.4, -0.2) is 21.1 Å². The molecule has 0 aliphatic rings. The van der Waals surface area contributed by atoms with Crippen molar-refractivity contribution in [1.29, 1.82) is 5.26 Å². The number of carbonyl (C=O) groups is 1. The Morgan fingerprint density at radius 2 is 1.93 bits per heavy atom. The number of oxazole rings is 1. The van der Waals surface area contributed by atoms with E-state index < -0.39 is 5.91 Å². The number of thioether (sulfide) groups is 1. The van der Waals surface area contributed by atoms with Gasteiger partial charge in [0, 0.05) is 11.3 Å². The van der Waals surface area contributed by atoms with Crippen molar-refractivity contribution < 1.29 is 9.21 Å². The molecule has 4 aromatic rings. The number of nitriles is 1. The molecular weight excluding hydrogens is 418 g/mol. The normalized spacial score (nSPS) is 10.5. The van der Waals surface area contributed by atoms with Gasteiger partial charge in [-0.05, 0) is 36.8 Å². The van der Waals surface area contributed by atoms with Gasteiger partial charge in [0.15, 0.2) is 10.0 Å². The molecule has 0 bridgehead atoms. The Morgan fingerprint density at radius 3 is 2.67 bits per heavy atom. The molecule has 0 unspecified atom stereocenters. The molecule has 30 heavy (non-hydrogen) atoms. The molecule has 2 aromatic heterocycles. The van der Waals surface area contributed by atoms with Gasteiger partial charge in [-0.2, -0.15) is 5.26 Å². The first-order chi connectivity index (χ1) is 14.6. The molecule has 1 amide bonds. The van der Waals surface area contributed by atoms with E-state index in [9.17, 15) is 4.79 Å². The third kappa shape index (κ3) is 4.56. The molecule has 0 atom stereocenters. The number of nitrogens with zero attached hydrogens (tertiary/aromatic N) is 4. The molecule has 0 aliphatic carbocycles. The van der Waals surface area contributed by atoms with Gasteiger partial charge in [-0.15, -0.1) is 10.2 Å². The second-order valence-corrected chi connectivity index (χ2v) is 8.41. The summed E-state index contributed by atoms with van der Waals surface area (Å²) in [5, 5.41) is 20.1. The average Bonchev–Trinajstić information content (AvgIpc) is 3.39. The van der Waals surface area contributed by atoms with Crippen molar-refractivity contribution in [2.45, 2.75) is 17.0 Å². The summed E-state index contributed by atoms with van der Waals surface area (Å²) in [6.07, 6.45) is 0. The van der Waals surface area contributed by atoms with Crippen molar-refractivity contribution in [3.8, 4) is 17.5 Å². The Labute approximate surface area is 180 Å². The number of benzene rings is 2. The van der Waals surface area contributed by atoms with Crippen molar-refractivity contribution in [3.63, 3.8) is 0 Å². The highest BCUT2D eigenvalue weighted by Gasteiger charge is 2.19. The van der Waals surface area contributed by atoms with Crippen molar-refractivity contribution in [2.24, 2.45) is 0 Å². The van der Waals surface area contributed by atoms with E-state index in [-0.39, 0.29) is 5.69 Å². The minimum absolute atomic E-state index is 0.218. The summed E-state index contributed by atoms with van der Waals surface area (Å²) < 4.78 is 6.37. The largest absolute Gasteiger partial charge is 0.441 e. The molecule has 148 valence electrons. The van der Waals surface area contributed by atoms with E-state index in [2.05, 4.69) is 26.6 Å². The van der Waals surface area contributed by atoms with Gasteiger partial charge in [-0.3, -0.25) is 10.1 Å². The van der Waals surface area contributed by atoms with Crippen LogP contribution >= 0.6 is 23.1 Å². The highest BCUT2D eigenvalue weighted by molar-refractivity contribution is 8.00. The zero-order valence-corrected chi connectivity index (χ0v) is 17.5. The molecule has 4 rings (SSSR count). The fourth-order valence-corrected chi connectivity index (χ4v) is 4.31. The smallest absolute Gasteiger partial charge is 0.279 e. The Kier molecular flexibility index (Phi) is 5.88. The van der Waals surface area contributed by atoms with E-state index in [0.717, 1.165) is 15.5 Å². The van der Waals surface area contributed by atoms with Crippen molar-refractivity contribution in [2.75, 3.05) is 5.32 Å². The Hall–Kier alpha value is -3.48. The molecule has 0 fully saturated rings. The topological polar surface area (TPSA) is 105 Å². The van der Waals surface area contributed by atoms with Gasteiger partial charge >= 0.3 is 0 Å². The quantitative estimate of drug-likeness (QED) is 0.340. The van der Waals surface area contributed by atoms with Crippen LogP contribution in [0.15, 0.2) is 63.4 Å². The van der Waals surface area contributed by atoms with Crippen LogP contribution < -0.4 is 5.32 Å². The number of rotatable bonds is 6. The lowest BCUT2D eigenvalue weighted by atomic mass is 10.2. The van der Waals surface area contributed by atoms with E-state index in [1.807, 2.05) is 42.5 Å². The van der Waals surface area contributed by atoms with E-state index in [1.165, 1.54) is 23.1 Å². The Bertz CT molecular complexity index is 1210. The number of amides is 1. The molecule has 0 aliphatic heterocycles. The van der Waals surface area contributed by atoms with E-state index in [1.54, 1.807) is 19.1 Å². The highest BCUT2D eigenvalue weighted by Crippen LogP contribution is 2.29. The third-order valence-electron chi connectivity index (χ3n) is 4.10. The first-order valence-electron chi connectivity index (χ1n) is 8.92. The van der Waals surface area contributed by atoms with Gasteiger partial charge in [0.25, 0.3) is 5.91 Å². The van der Waals surface area contributed by atoms with Gasteiger partial charge in [0.1, 0.15) is 5.76 Å². The number of aromatic nitrogens is 3. The Morgan fingerprint density at radius 1 is 1.17 bits per heavy atom. The lowest BCUT2D eigenvalue weighted by Crippen LogP contribution is -2.13. The third-order valence-corrected chi connectivity index (χ3v) is 6.15. The van der Waals surface area contributed by atoms with Crippen LogP contribution in [0.3, 0.4) is 0 Å². The molecule has 0 saturated carbocycles. The second kappa shape index (κ2) is 8.90. The number of hydrogen-bond acceptors (Lipinski definition) is 8. The standard InChI is InChI=1S/C21H15N5O2S2/c1-13-17(23-19(28-13)16-5-3-2-4-6-16)18(27)24-20-25-26-21(30-20)29-12-15-9-7-14(11-22)8-10-15/h2-10H,12H2,1H3,(H,24,25,27). The SMILES string of the molecule is Cc1oc(-c2ccccc2)nc1C(=O)Nc1nnc(SCc2ccc(C#N)cc2)s1. The highest BCUT2D eigenvalue weighted by atomic mass is 32.2.